The normalized spacial score (nSPS) is 14.4. The van der Waals surface area contributed by atoms with Gasteiger partial charge >= 0.3 is 6.18 Å². The molecular formula is C25H26F3N3O2. The Balaban J connectivity index is 1.76. The summed E-state index contributed by atoms with van der Waals surface area (Å²) < 4.78 is 44.7. The third-order valence-electron chi connectivity index (χ3n) is 5.95. The van der Waals surface area contributed by atoms with Crippen molar-refractivity contribution in [3.63, 3.8) is 0 Å². The Morgan fingerprint density at radius 1 is 1.00 bits per heavy atom. The number of hydrogen-bond acceptors (Lipinski definition) is 4. The van der Waals surface area contributed by atoms with Gasteiger partial charge in [0.2, 0.25) is 5.88 Å². The molecule has 8 heteroatoms. The van der Waals surface area contributed by atoms with Gasteiger partial charge in [0.05, 0.1) is 5.56 Å². The summed E-state index contributed by atoms with van der Waals surface area (Å²) in [6.07, 6.45) is -1.41. The number of aromatic nitrogens is 1. The highest BCUT2D eigenvalue weighted by atomic mass is 19.4. The Kier molecular flexibility index (Phi) is 6.19. The standard InChI is InChI=1S/C25H26F3N3O2/c1-15-13-16(2)21(17(3)14-15)29-23(32)20-22(18-7-9-19(10-8-18)25(26,27)28)30-33-24(20)31-11-5-4-6-12-31/h7-10,13-14H,4-6,11-12H2,1-3H3,(H,29,32). The molecule has 0 unspecified atom stereocenters. The van der Waals surface area contributed by atoms with E-state index in [2.05, 4.69) is 10.5 Å². The number of anilines is 2. The van der Waals surface area contributed by atoms with Crippen LogP contribution in [0.4, 0.5) is 24.7 Å². The Morgan fingerprint density at radius 3 is 2.18 bits per heavy atom. The number of hydrogen-bond donors (Lipinski definition) is 1. The lowest BCUT2D eigenvalue weighted by Gasteiger charge is -2.26. The van der Waals surface area contributed by atoms with Crippen molar-refractivity contribution in [3.05, 3.63) is 64.2 Å². The molecule has 1 aliphatic rings. The molecule has 0 spiro atoms. The number of nitrogens with zero attached hydrogens (tertiary/aromatic N) is 2. The maximum Gasteiger partial charge on any atom is 0.416 e. The molecule has 0 radical (unpaired) electrons. The van der Waals surface area contributed by atoms with Gasteiger partial charge in [-0.1, -0.05) is 35.0 Å². The lowest BCUT2D eigenvalue weighted by atomic mass is 10.0. The summed E-state index contributed by atoms with van der Waals surface area (Å²) in [5, 5.41) is 7.10. The van der Waals surface area contributed by atoms with Crippen LogP contribution >= 0.6 is 0 Å². The summed E-state index contributed by atoms with van der Waals surface area (Å²) >= 11 is 0. The maximum atomic E-state index is 13.5. The minimum absolute atomic E-state index is 0.226. The van der Waals surface area contributed by atoms with E-state index >= 15 is 0 Å². The van der Waals surface area contributed by atoms with Gasteiger partial charge in [0.1, 0.15) is 11.3 Å². The molecule has 33 heavy (non-hydrogen) atoms. The summed E-state index contributed by atoms with van der Waals surface area (Å²) in [4.78, 5) is 15.5. The van der Waals surface area contributed by atoms with E-state index in [0.717, 1.165) is 61.2 Å². The van der Waals surface area contributed by atoms with Crippen molar-refractivity contribution < 1.29 is 22.5 Å². The van der Waals surface area contributed by atoms with E-state index in [0.29, 0.717) is 17.1 Å². The fourth-order valence-electron chi connectivity index (χ4n) is 4.37. The smallest absolute Gasteiger partial charge is 0.340 e. The number of nitrogens with one attached hydrogen (secondary N) is 1. The zero-order valence-corrected chi connectivity index (χ0v) is 18.8. The van der Waals surface area contributed by atoms with Gasteiger partial charge in [-0.25, -0.2) is 0 Å². The van der Waals surface area contributed by atoms with Crippen LogP contribution < -0.4 is 10.2 Å². The van der Waals surface area contributed by atoms with E-state index < -0.39 is 17.6 Å². The van der Waals surface area contributed by atoms with Crippen molar-refractivity contribution in [1.82, 2.24) is 5.16 Å². The molecule has 1 aromatic heterocycles. The summed E-state index contributed by atoms with van der Waals surface area (Å²) in [6.45, 7) is 7.29. The van der Waals surface area contributed by atoms with Crippen LogP contribution in [-0.4, -0.2) is 24.2 Å². The first-order valence-electron chi connectivity index (χ1n) is 11.0. The Morgan fingerprint density at radius 2 is 1.61 bits per heavy atom. The van der Waals surface area contributed by atoms with Crippen molar-refractivity contribution in [2.24, 2.45) is 0 Å². The first-order chi connectivity index (χ1) is 15.6. The summed E-state index contributed by atoms with van der Waals surface area (Å²) in [6, 6.07) is 8.58. The van der Waals surface area contributed by atoms with Crippen LogP contribution in [0.1, 0.15) is 51.9 Å². The minimum Gasteiger partial charge on any atom is -0.340 e. The first-order valence-corrected chi connectivity index (χ1v) is 11.0. The average Bonchev–Trinajstić information content (AvgIpc) is 3.21. The van der Waals surface area contributed by atoms with Crippen LogP contribution in [0.2, 0.25) is 0 Å². The Bertz CT molecular complexity index is 1140. The average molecular weight is 457 g/mol. The van der Waals surface area contributed by atoms with Crippen molar-refractivity contribution in [3.8, 4) is 11.3 Å². The fraction of sp³-hybridized carbons (Fsp3) is 0.360. The SMILES string of the molecule is Cc1cc(C)c(NC(=O)c2c(-c3ccc(C(F)(F)F)cc3)noc2N2CCCCC2)c(C)c1. The number of amides is 1. The highest BCUT2D eigenvalue weighted by Gasteiger charge is 2.32. The largest absolute Gasteiger partial charge is 0.416 e. The second-order valence-corrected chi connectivity index (χ2v) is 8.56. The van der Waals surface area contributed by atoms with Crippen LogP contribution in [-0.2, 0) is 6.18 Å². The third kappa shape index (κ3) is 4.74. The van der Waals surface area contributed by atoms with Gasteiger partial charge in [0.15, 0.2) is 0 Å². The van der Waals surface area contributed by atoms with E-state index in [9.17, 15) is 18.0 Å². The van der Waals surface area contributed by atoms with E-state index in [1.165, 1.54) is 12.1 Å². The van der Waals surface area contributed by atoms with Crippen molar-refractivity contribution in [1.29, 1.82) is 0 Å². The number of benzene rings is 2. The second-order valence-electron chi connectivity index (χ2n) is 8.56. The van der Waals surface area contributed by atoms with Gasteiger partial charge in [-0.3, -0.25) is 4.79 Å². The molecular weight excluding hydrogens is 431 g/mol. The summed E-state index contributed by atoms with van der Waals surface area (Å²) in [7, 11) is 0. The summed E-state index contributed by atoms with van der Waals surface area (Å²) in [5.74, 6) is -0.0497. The molecule has 0 saturated carbocycles. The van der Waals surface area contributed by atoms with Gasteiger partial charge < -0.3 is 14.7 Å². The highest BCUT2D eigenvalue weighted by Crippen LogP contribution is 2.36. The predicted octanol–water partition coefficient (Wildman–Crippen LogP) is 6.53. The monoisotopic (exact) mass is 457 g/mol. The molecule has 1 saturated heterocycles. The van der Waals surface area contributed by atoms with Crippen LogP contribution in [0.3, 0.4) is 0 Å². The molecule has 1 amide bonds. The van der Waals surface area contributed by atoms with Crippen molar-refractivity contribution in [2.45, 2.75) is 46.2 Å². The van der Waals surface area contributed by atoms with Gasteiger partial charge in [-0.2, -0.15) is 13.2 Å². The quantitative estimate of drug-likeness (QED) is 0.484. The molecule has 1 aliphatic heterocycles. The third-order valence-corrected chi connectivity index (χ3v) is 5.95. The van der Waals surface area contributed by atoms with Gasteiger partial charge in [-0.05, 0) is 63.3 Å². The van der Waals surface area contributed by atoms with E-state index in [-0.39, 0.29) is 11.3 Å². The Hall–Kier alpha value is -3.29. The molecule has 1 fully saturated rings. The van der Waals surface area contributed by atoms with Crippen molar-refractivity contribution >= 4 is 17.5 Å². The van der Waals surface area contributed by atoms with Crippen LogP contribution in [0.15, 0.2) is 40.9 Å². The molecule has 2 aromatic carbocycles. The Labute approximate surface area is 190 Å². The maximum absolute atomic E-state index is 13.5. The molecule has 0 atom stereocenters. The minimum atomic E-state index is -4.44. The lowest BCUT2D eigenvalue weighted by Crippen LogP contribution is -2.31. The molecule has 0 bridgehead atoms. The van der Waals surface area contributed by atoms with Gasteiger partial charge in [0.25, 0.3) is 5.91 Å². The number of aryl methyl sites for hydroxylation is 3. The molecule has 3 aromatic rings. The van der Waals surface area contributed by atoms with E-state index in [1.807, 2.05) is 37.8 Å². The van der Waals surface area contributed by atoms with Crippen LogP contribution in [0.25, 0.3) is 11.3 Å². The zero-order chi connectivity index (χ0) is 23.8. The number of rotatable bonds is 4. The molecule has 5 nitrogen and oxygen atoms in total. The number of piperidine rings is 1. The molecule has 0 aliphatic carbocycles. The number of halogens is 3. The van der Waals surface area contributed by atoms with Gasteiger partial charge in [-0.15, -0.1) is 0 Å². The fourth-order valence-corrected chi connectivity index (χ4v) is 4.37. The molecule has 174 valence electrons. The number of carbonyl (C=O) groups excluding carboxylic acids is 1. The van der Waals surface area contributed by atoms with Crippen LogP contribution in [0, 0.1) is 20.8 Å². The highest BCUT2D eigenvalue weighted by molar-refractivity contribution is 6.12. The predicted molar refractivity (Wildman–Crippen MR) is 122 cm³/mol. The van der Waals surface area contributed by atoms with Crippen molar-refractivity contribution in [2.75, 3.05) is 23.3 Å². The number of carbonyl (C=O) groups is 1. The topological polar surface area (TPSA) is 58.4 Å². The molecule has 2 heterocycles. The van der Waals surface area contributed by atoms with Gasteiger partial charge in [0, 0.05) is 24.3 Å². The second kappa shape index (κ2) is 8.92. The lowest BCUT2D eigenvalue weighted by molar-refractivity contribution is -0.137. The number of alkyl halides is 3. The van der Waals surface area contributed by atoms with Crippen LogP contribution in [0.5, 0.6) is 0 Å². The van der Waals surface area contributed by atoms with E-state index in [1.54, 1.807) is 0 Å². The molecule has 1 N–H and O–H groups in total. The molecule has 4 rings (SSSR count). The van der Waals surface area contributed by atoms with E-state index in [4.69, 9.17) is 4.52 Å². The zero-order valence-electron chi connectivity index (χ0n) is 18.8. The first kappa shape index (κ1) is 22.9. The summed E-state index contributed by atoms with van der Waals surface area (Å²) in [5.41, 5.74) is 3.73.